The van der Waals surface area contributed by atoms with Gasteiger partial charge in [0.25, 0.3) is 0 Å². The van der Waals surface area contributed by atoms with E-state index in [-0.39, 0.29) is 12.5 Å². The third kappa shape index (κ3) is 2.25. The molecular weight excluding hydrogens is 228 g/mol. The van der Waals surface area contributed by atoms with Gasteiger partial charge in [0, 0.05) is 23.7 Å². The van der Waals surface area contributed by atoms with Crippen LogP contribution in [0.3, 0.4) is 0 Å². The van der Waals surface area contributed by atoms with E-state index in [4.69, 9.17) is 21.1 Å². The number of aliphatic hydroxyl groups is 1. The number of aliphatic hydroxyl groups excluding tert-OH is 1. The van der Waals surface area contributed by atoms with Gasteiger partial charge in [-0.05, 0) is 13.0 Å². The van der Waals surface area contributed by atoms with E-state index in [0.29, 0.717) is 16.5 Å². The molecule has 0 saturated carbocycles. The maximum atomic E-state index is 9.19. The van der Waals surface area contributed by atoms with E-state index in [2.05, 4.69) is 0 Å². The Morgan fingerprint density at radius 1 is 1.38 bits per heavy atom. The Labute approximate surface area is 101 Å². The summed E-state index contributed by atoms with van der Waals surface area (Å²) in [4.78, 5) is 0. The van der Waals surface area contributed by atoms with Gasteiger partial charge in [-0.25, -0.2) is 0 Å². The minimum Gasteiger partial charge on any atom is -0.496 e. The molecule has 0 radical (unpaired) electrons. The van der Waals surface area contributed by atoms with Crippen LogP contribution in [0, 0.1) is 6.92 Å². The molecule has 1 unspecified atom stereocenters. The lowest BCUT2D eigenvalue weighted by atomic mass is 9.98. The Kier molecular flexibility index (Phi) is 4.44. The van der Waals surface area contributed by atoms with Crippen LogP contribution in [0.1, 0.15) is 24.0 Å². The number of methoxy groups -OCH3 is 2. The van der Waals surface area contributed by atoms with Crippen molar-refractivity contribution in [2.24, 2.45) is 0 Å². The Hall–Kier alpha value is -0.930. The zero-order chi connectivity index (χ0) is 12.3. The first-order valence-electron chi connectivity index (χ1n) is 5.08. The monoisotopic (exact) mass is 244 g/mol. The van der Waals surface area contributed by atoms with Gasteiger partial charge in [-0.2, -0.15) is 0 Å². The van der Waals surface area contributed by atoms with Crippen molar-refractivity contribution in [3.63, 3.8) is 0 Å². The summed E-state index contributed by atoms with van der Waals surface area (Å²) in [5, 5.41) is 9.73. The van der Waals surface area contributed by atoms with Gasteiger partial charge in [0.2, 0.25) is 0 Å². The van der Waals surface area contributed by atoms with Crippen molar-refractivity contribution < 1.29 is 14.6 Å². The topological polar surface area (TPSA) is 38.7 Å². The molecule has 0 fully saturated rings. The number of ether oxygens (including phenoxy) is 2. The molecule has 0 bridgehead atoms. The van der Waals surface area contributed by atoms with Crippen molar-refractivity contribution in [1.82, 2.24) is 0 Å². The summed E-state index contributed by atoms with van der Waals surface area (Å²) in [5.74, 6) is 1.28. The normalized spacial score (nSPS) is 12.4. The number of rotatable bonds is 4. The molecule has 1 rings (SSSR count). The molecule has 1 aromatic carbocycles. The largest absolute Gasteiger partial charge is 0.496 e. The van der Waals surface area contributed by atoms with E-state index in [1.54, 1.807) is 14.2 Å². The molecule has 0 aliphatic heterocycles. The molecular formula is C12H17ClO3. The lowest BCUT2D eigenvalue weighted by Crippen LogP contribution is -2.04. The molecule has 1 atom stereocenters. The predicted molar refractivity (Wildman–Crippen MR) is 64.8 cm³/mol. The lowest BCUT2D eigenvalue weighted by Gasteiger charge is -2.18. The van der Waals surface area contributed by atoms with Gasteiger partial charge >= 0.3 is 0 Å². The molecule has 0 saturated heterocycles. The minimum atomic E-state index is -0.0399. The molecule has 0 aromatic heterocycles. The van der Waals surface area contributed by atoms with E-state index >= 15 is 0 Å². The van der Waals surface area contributed by atoms with Gasteiger partial charge in [0.15, 0.2) is 0 Å². The van der Waals surface area contributed by atoms with Crippen LogP contribution >= 0.6 is 11.6 Å². The first-order valence-corrected chi connectivity index (χ1v) is 5.46. The van der Waals surface area contributed by atoms with E-state index in [9.17, 15) is 5.11 Å². The smallest absolute Gasteiger partial charge is 0.141 e. The molecule has 16 heavy (non-hydrogen) atoms. The third-order valence-electron chi connectivity index (χ3n) is 2.68. The first-order chi connectivity index (χ1) is 7.56. The Balaban J connectivity index is 3.40. The van der Waals surface area contributed by atoms with Gasteiger partial charge in [-0.3, -0.25) is 0 Å². The van der Waals surface area contributed by atoms with Gasteiger partial charge in [0.05, 0.1) is 19.2 Å². The SMILES string of the molecule is COc1cc(C(C)CO)c(OC)c(Cl)c1C. The summed E-state index contributed by atoms with van der Waals surface area (Å²) < 4.78 is 10.5. The van der Waals surface area contributed by atoms with E-state index in [1.165, 1.54) is 0 Å². The molecule has 0 heterocycles. The number of benzene rings is 1. The van der Waals surface area contributed by atoms with E-state index < -0.39 is 0 Å². The second kappa shape index (κ2) is 5.41. The minimum absolute atomic E-state index is 0.0399. The molecule has 0 amide bonds. The summed E-state index contributed by atoms with van der Waals surface area (Å²) in [6.45, 7) is 3.82. The highest BCUT2D eigenvalue weighted by Gasteiger charge is 2.18. The quantitative estimate of drug-likeness (QED) is 0.885. The molecule has 1 aromatic rings. The Morgan fingerprint density at radius 3 is 2.44 bits per heavy atom. The lowest BCUT2D eigenvalue weighted by molar-refractivity contribution is 0.269. The molecule has 90 valence electrons. The highest BCUT2D eigenvalue weighted by Crippen LogP contribution is 2.40. The summed E-state index contributed by atoms with van der Waals surface area (Å²) in [6.07, 6.45) is 0. The van der Waals surface area contributed by atoms with Crippen molar-refractivity contribution in [2.75, 3.05) is 20.8 Å². The highest BCUT2D eigenvalue weighted by atomic mass is 35.5. The number of halogens is 1. The van der Waals surface area contributed by atoms with Crippen molar-refractivity contribution in [3.8, 4) is 11.5 Å². The second-order valence-electron chi connectivity index (χ2n) is 3.72. The van der Waals surface area contributed by atoms with Crippen LogP contribution in [-0.2, 0) is 0 Å². The van der Waals surface area contributed by atoms with Crippen LogP contribution in [0.2, 0.25) is 5.02 Å². The average Bonchev–Trinajstić information content (AvgIpc) is 2.31. The van der Waals surface area contributed by atoms with E-state index in [0.717, 1.165) is 11.1 Å². The van der Waals surface area contributed by atoms with Crippen molar-refractivity contribution in [1.29, 1.82) is 0 Å². The molecule has 1 N–H and O–H groups in total. The molecule has 0 aliphatic rings. The molecule has 3 nitrogen and oxygen atoms in total. The number of hydrogen-bond donors (Lipinski definition) is 1. The van der Waals surface area contributed by atoms with Crippen LogP contribution in [-0.4, -0.2) is 25.9 Å². The Bertz CT molecular complexity index is 377. The highest BCUT2D eigenvalue weighted by molar-refractivity contribution is 6.33. The summed E-state index contributed by atoms with van der Waals surface area (Å²) >= 11 is 6.20. The van der Waals surface area contributed by atoms with Crippen molar-refractivity contribution in [2.45, 2.75) is 19.8 Å². The van der Waals surface area contributed by atoms with E-state index in [1.807, 2.05) is 19.9 Å². The summed E-state index contributed by atoms with van der Waals surface area (Å²) in [6, 6.07) is 1.86. The molecule has 4 heteroatoms. The maximum absolute atomic E-state index is 9.19. The summed E-state index contributed by atoms with van der Waals surface area (Å²) in [5.41, 5.74) is 1.70. The zero-order valence-corrected chi connectivity index (χ0v) is 10.8. The van der Waals surface area contributed by atoms with Crippen LogP contribution in [0.15, 0.2) is 6.07 Å². The van der Waals surface area contributed by atoms with Gasteiger partial charge < -0.3 is 14.6 Å². The molecule has 0 aliphatic carbocycles. The van der Waals surface area contributed by atoms with Crippen LogP contribution < -0.4 is 9.47 Å². The van der Waals surface area contributed by atoms with Gasteiger partial charge in [0.1, 0.15) is 11.5 Å². The predicted octanol–water partition coefficient (Wildman–Crippen LogP) is 2.76. The molecule has 0 spiro atoms. The average molecular weight is 245 g/mol. The summed E-state index contributed by atoms with van der Waals surface area (Å²) in [7, 11) is 3.17. The van der Waals surface area contributed by atoms with Crippen LogP contribution in [0.5, 0.6) is 11.5 Å². The fourth-order valence-corrected chi connectivity index (χ4v) is 1.88. The van der Waals surface area contributed by atoms with Gasteiger partial charge in [-0.1, -0.05) is 18.5 Å². The first kappa shape index (κ1) is 13.1. The van der Waals surface area contributed by atoms with Crippen molar-refractivity contribution in [3.05, 3.63) is 22.2 Å². The standard InChI is InChI=1S/C12H17ClO3/c1-7(6-14)9-5-10(15-3)8(2)11(13)12(9)16-4/h5,7,14H,6H2,1-4H3. The van der Waals surface area contributed by atoms with Crippen LogP contribution in [0.25, 0.3) is 0 Å². The fourth-order valence-electron chi connectivity index (χ4n) is 1.60. The Morgan fingerprint density at radius 2 is 2.00 bits per heavy atom. The maximum Gasteiger partial charge on any atom is 0.141 e. The van der Waals surface area contributed by atoms with Gasteiger partial charge in [-0.15, -0.1) is 0 Å². The second-order valence-corrected chi connectivity index (χ2v) is 4.10. The van der Waals surface area contributed by atoms with Crippen molar-refractivity contribution >= 4 is 11.6 Å². The fraction of sp³-hybridized carbons (Fsp3) is 0.500. The zero-order valence-electron chi connectivity index (χ0n) is 10.0. The number of hydrogen-bond acceptors (Lipinski definition) is 3. The van der Waals surface area contributed by atoms with Crippen LogP contribution in [0.4, 0.5) is 0 Å². The third-order valence-corrected chi connectivity index (χ3v) is 3.13.